The fourth-order valence-corrected chi connectivity index (χ4v) is 6.75. The van der Waals surface area contributed by atoms with E-state index in [1.165, 1.54) is 4.90 Å². The van der Waals surface area contributed by atoms with Crippen LogP contribution in [0, 0.1) is 23.7 Å². The third-order valence-corrected chi connectivity index (χ3v) is 9.32. The number of imide groups is 1. The Bertz CT molecular complexity index is 772. The van der Waals surface area contributed by atoms with Gasteiger partial charge < -0.3 is 5.32 Å². The van der Waals surface area contributed by atoms with E-state index >= 15 is 0 Å². The number of nitrogens with zero attached hydrogens (tertiary/aromatic N) is 1. The van der Waals surface area contributed by atoms with Crippen LogP contribution in [-0.4, -0.2) is 38.3 Å². The number of rotatable bonds is 3. The predicted octanol–water partition coefficient (Wildman–Crippen LogP) is 3.44. The first kappa shape index (κ1) is 18.4. The minimum atomic E-state index is -0.860. The number of fused-ring (bicyclic) bond motifs is 5. The Kier molecular flexibility index (Phi) is 4.68. The molecule has 0 radical (unpaired) electrons. The molecular formula is C18H17Br2ClN2O3. The van der Waals surface area contributed by atoms with Crippen molar-refractivity contribution in [1.82, 2.24) is 4.90 Å². The van der Waals surface area contributed by atoms with Crippen molar-refractivity contribution in [3.8, 4) is 0 Å². The van der Waals surface area contributed by atoms with Gasteiger partial charge in [0, 0.05) is 20.4 Å². The number of likely N-dealkylation sites (tertiary alicyclic amines) is 1. The first-order chi connectivity index (χ1) is 12.3. The number of hydrogen-bond donors (Lipinski definition) is 1. The van der Waals surface area contributed by atoms with Crippen molar-refractivity contribution in [2.75, 3.05) is 5.32 Å². The topological polar surface area (TPSA) is 66.5 Å². The molecule has 3 fully saturated rings. The Morgan fingerprint density at radius 1 is 1.19 bits per heavy atom. The highest BCUT2D eigenvalue weighted by Gasteiger charge is 2.67. The van der Waals surface area contributed by atoms with Crippen molar-refractivity contribution >= 4 is 66.9 Å². The van der Waals surface area contributed by atoms with E-state index in [2.05, 4.69) is 37.2 Å². The highest BCUT2D eigenvalue weighted by Crippen LogP contribution is 2.60. The van der Waals surface area contributed by atoms with E-state index in [1.54, 1.807) is 31.2 Å². The molecule has 0 unspecified atom stereocenters. The van der Waals surface area contributed by atoms with Gasteiger partial charge in [0.2, 0.25) is 17.7 Å². The monoisotopic (exact) mass is 502 g/mol. The third-order valence-electron chi connectivity index (χ3n) is 5.88. The van der Waals surface area contributed by atoms with Gasteiger partial charge >= 0.3 is 0 Å². The molecule has 2 saturated carbocycles. The lowest BCUT2D eigenvalue weighted by molar-refractivity contribution is -0.146. The second kappa shape index (κ2) is 6.60. The fraction of sp³-hybridized carbons (Fsp3) is 0.500. The Labute approximate surface area is 173 Å². The molecule has 0 spiro atoms. The molecule has 138 valence electrons. The second-order valence-electron chi connectivity index (χ2n) is 7.23. The molecule has 4 rings (SSSR count). The van der Waals surface area contributed by atoms with Crippen LogP contribution in [0.1, 0.15) is 13.3 Å². The van der Waals surface area contributed by atoms with Gasteiger partial charge in [-0.05, 0) is 43.4 Å². The fourth-order valence-electron chi connectivity index (χ4n) is 4.68. The number of anilines is 1. The third kappa shape index (κ3) is 2.66. The molecule has 26 heavy (non-hydrogen) atoms. The normalized spacial score (nSPS) is 36.4. The van der Waals surface area contributed by atoms with Crippen molar-refractivity contribution in [3.63, 3.8) is 0 Å². The van der Waals surface area contributed by atoms with Crippen LogP contribution in [0.2, 0.25) is 5.02 Å². The SMILES string of the molecule is C[C@H](C(=O)Nc1cccc(Cl)c1)N1C(=O)[C@@H]2[C@H]3C[C@@H]([C@H](Br)[C@@H]3Br)[C@@H]2C1=O. The molecule has 1 aliphatic heterocycles. The molecular weight excluding hydrogens is 487 g/mol. The number of amides is 3. The van der Waals surface area contributed by atoms with E-state index < -0.39 is 11.9 Å². The molecule has 1 aromatic carbocycles. The van der Waals surface area contributed by atoms with Crippen LogP contribution in [-0.2, 0) is 14.4 Å². The Balaban J connectivity index is 1.54. The molecule has 0 aromatic heterocycles. The molecule has 3 amide bonds. The first-order valence-corrected chi connectivity index (χ1v) is 10.7. The van der Waals surface area contributed by atoms with Gasteiger partial charge in [-0.15, -0.1) is 0 Å². The number of alkyl halides is 2. The minimum absolute atomic E-state index is 0.138. The Morgan fingerprint density at radius 2 is 1.77 bits per heavy atom. The molecule has 1 aromatic rings. The predicted molar refractivity (Wildman–Crippen MR) is 105 cm³/mol. The number of benzene rings is 1. The van der Waals surface area contributed by atoms with Gasteiger partial charge in [-0.25, -0.2) is 0 Å². The zero-order valence-electron chi connectivity index (χ0n) is 13.9. The van der Waals surface area contributed by atoms with E-state index in [0.29, 0.717) is 10.7 Å². The van der Waals surface area contributed by atoms with Gasteiger partial charge in [0.05, 0.1) is 11.8 Å². The van der Waals surface area contributed by atoms with Gasteiger partial charge in [0.1, 0.15) is 6.04 Å². The summed E-state index contributed by atoms with van der Waals surface area (Å²) < 4.78 is 0. The second-order valence-corrected chi connectivity index (χ2v) is 9.78. The van der Waals surface area contributed by atoms with Gasteiger partial charge in [-0.3, -0.25) is 19.3 Å². The van der Waals surface area contributed by atoms with Crippen LogP contribution in [0.3, 0.4) is 0 Å². The summed E-state index contributed by atoms with van der Waals surface area (Å²) >= 11 is 13.3. The summed E-state index contributed by atoms with van der Waals surface area (Å²) in [6.45, 7) is 1.59. The maximum absolute atomic E-state index is 13.0. The van der Waals surface area contributed by atoms with Crippen LogP contribution in [0.5, 0.6) is 0 Å². The maximum Gasteiger partial charge on any atom is 0.247 e. The molecule has 5 nitrogen and oxygen atoms in total. The van der Waals surface area contributed by atoms with Crippen molar-refractivity contribution < 1.29 is 14.4 Å². The lowest BCUT2D eigenvalue weighted by Gasteiger charge is -2.28. The highest BCUT2D eigenvalue weighted by molar-refractivity contribution is 9.12. The van der Waals surface area contributed by atoms with Crippen molar-refractivity contribution in [1.29, 1.82) is 0 Å². The van der Waals surface area contributed by atoms with E-state index in [0.717, 1.165) is 6.42 Å². The van der Waals surface area contributed by atoms with Crippen molar-refractivity contribution in [3.05, 3.63) is 29.3 Å². The summed E-state index contributed by atoms with van der Waals surface area (Å²) in [6, 6.07) is 5.91. The Hall–Kier alpha value is -0.920. The van der Waals surface area contributed by atoms with Crippen LogP contribution in [0.25, 0.3) is 0 Å². The summed E-state index contributed by atoms with van der Waals surface area (Å²) in [7, 11) is 0. The number of carbonyl (C=O) groups is 3. The van der Waals surface area contributed by atoms with Gasteiger partial charge in [0.25, 0.3) is 0 Å². The molecule has 7 atom stereocenters. The van der Waals surface area contributed by atoms with Crippen LogP contribution >= 0.6 is 43.5 Å². The molecule has 2 bridgehead atoms. The maximum atomic E-state index is 13.0. The number of hydrogen-bond acceptors (Lipinski definition) is 3. The number of carbonyl (C=O) groups excluding carboxylic acids is 3. The summed E-state index contributed by atoms with van der Waals surface area (Å²) in [4.78, 5) is 40.1. The van der Waals surface area contributed by atoms with Crippen LogP contribution < -0.4 is 5.32 Å². The number of halogens is 3. The quantitative estimate of drug-likeness (QED) is 0.507. The van der Waals surface area contributed by atoms with Crippen molar-refractivity contribution in [2.45, 2.75) is 29.0 Å². The summed E-state index contributed by atoms with van der Waals surface area (Å²) in [6.07, 6.45) is 0.871. The molecule has 8 heteroatoms. The van der Waals surface area contributed by atoms with E-state index in [-0.39, 0.29) is 45.1 Å². The average Bonchev–Trinajstić information content (AvgIpc) is 3.19. The molecule has 1 saturated heterocycles. The van der Waals surface area contributed by atoms with Crippen LogP contribution in [0.15, 0.2) is 24.3 Å². The molecule has 3 aliphatic rings. The lowest BCUT2D eigenvalue weighted by atomic mass is 9.81. The standard InChI is InChI=1S/C18H17Br2ClN2O3/c1-7(16(24)22-9-4-2-3-8(21)5-9)23-17(25)12-10-6-11(13(12)18(23)26)15(20)14(10)19/h2-5,7,10-15H,6H2,1H3,(H,22,24)/t7-,10-,11-,12-,13+,14-,15+/m1/s1. The molecule has 1 heterocycles. The van der Waals surface area contributed by atoms with Crippen LogP contribution in [0.4, 0.5) is 5.69 Å². The zero-order chi connectivity index (χ0) is 18.7. The van der Waals surface area contributed by atoms with Gasteiger partial charge in [-0.2, -0.15) is 0 Å². The summed E-state index contributed by atoms with van der Waals surface area (Å²) in [5.74, 6) is -1.18. The first-order valence-electron chi connectivity index (χ1n) is 8.52. The Morgan fingerprint density at radius 3 is 2.31 bits per heavy atom. The zero-order valence-corrected chi connectivity index (χ0v) is 17.8. The van der Waals surface area contributed by atoms with E-state index in [9.17, 15) is 14.4 Å². The van der Waals surface area contributed by atoms with E-state index in [1.807, 2.05) is 0 Å². The summed E-state index contributed by atoms with van der Waals surface area (Å²) in [5.41, 5.74) is 0.537. The largest absolute Gasteiger partial charge is 0.324 e. The van der Waals surface area contributed by atoms with E-state index in [4.69, 9.17) is 11.6 Å². The average molecular weight is 505 g/mol. The minimum Gasteiger partial charge on any atom is -0.324 e. The van der Waals surface area contributed by atoms with Gasteiger partial charge in [-0.1, -0.05) is 49.5 Å². The highest BCUT2D eigenvalue weighted by atomic mass is 79.9. The molecule has 1 N–H and O–H groups in total. The smallest absolute Gasteiger partial charge is 0.247 e. The van der Waals surface area contributed by atoms with Gasteiger partial charge in [0.15, 0.2) is 0 Å². The lowest BCUT2D eigenvalue weighted by Crippen LogP contribution is -2.46. The number of nitrogens with one attached hydrogen (secondary N) is 1. The van der Waals surface area contributed by atoms with Crippen molar-refractivity contribution in [2.24, 2.45) is 23.7 Å². The summed E-state index contributed by atoms with van der Waals surface area (Å²) in [5, 5.41) is 3.24. The molecule has 2 aliphatic carbocycles.